The summed E-state index contributed by atoms with van der Waals surface area (Å²) in [6, 6.07) is 0. The zero-order valence-corrected chi connectivity index (χ0v) is 21.0. The van der Waals surface area contributed by atoms with Crippen molar-refractivity contribution < 1.29 is 20.1 Å². The Labute approximate surface area is 200 Å². The van der Waals surface area contributed by atoms with E-state index in [9.17, 15) is 15.3 Å². The summed E-state index contributed by atoms with van der Waals surface area (Å²) in [7, 11) is 0. The SMILES string of the molecule is C=C1C(=CC=C2CCC[C@]3(C)C([C@H](C)OC/C=C/C(O)(CC)CC)=CC[C@@H]23)C[C@@H](O)C[C@@H]1O. The van der Waals surface area contributed by atoms with E-state index in [1.165, 1.54) is 11.1 Å². The molecule has 0 spiro atoms. The maximum absolute atomic E-state index is 10.4. The van der Waals surface area contributed by atoms with Crippen LogP contribution in [0.25, 0.3) is 0 Å². The van der Waals surface area contributed by atoms with Gasteiger partial charge in [0.05, 0.1) is 30.5 Å². The quantitative estimate of drug-likeness (QED) is 0.418. The molecule has 4 heteroatoms. The molecular formula is C29H44O4. The van der Waals surface area contributed by atoms with E-state index in [1.54, 1.807) is 0 Å². The van der Waals surface area contributed by atoms with E-state index in [0.717, 1.165) is 36.8 Å². The van der Waals surface area contributed by atoms with E-state index in [1.807, 2.05) is 26.0 Å². The van der Waals surface area contributed by atoms with Crippen LogP contribution in [-0.4, -0.2) is 45.8 Å². The number of aliphatic hydroxyl groups is 3. The molecule has 2 fully saturated rings. The maximum atomic E-state index is 10.4. The van der Waals surface area contributed by atoms with Crippen LogP contribution in [0.5, 0.6) is 0 Å². The Bertz CT molecular complexity index is 829. The van der Waals surface area contributed by atoms with Gasteiger partial charge >= 0.3 is 0 Å². The molecule has 184 valence electrons. The van der Waals surface area contributed by atoms with E-state index in [-0.39, 0.29) is 11.5 Å². The highest BCUT2D eigenvalue weighted by molar-refractivity contribution is 5.40. The fraction of sp³-hybridized carbons (Fsp3) is 0.655. The van der Waals surface area contributed by atoms with E-state index >= 15 is 0 Å². The Morgan fingerprint density at radius 3 is 2.70 bits per heavy atom. The largest absolute Gasteiger partial charge is 0.393 e. The summed E-state index contributed by atoms with van der Waals surface area (Å²) >= 11 is 0. The maximum Gasteiger partial charge on any atom is 0.0823 e. The molecule has 0 saturated heterocycles. The highest BCUT2D eigenvalue weighted by atomic mass is 16.5. The van der Waals surface area contributed by atoms with Crippen molar-refractivity contribution in [2.75, 3.05) is 6.61 Å². The molecule has 0 unspecified atom stereocenters. The van der Waals surface area contributed by atoms with E-state index in [2.05, 4.69) is 38.7 Å². The molecule has 3 N–H and O–H groups in total. The average Bonchev–Trinajstić information content (AvgIpc) is 3.15. The summed E-state index contributed by atoms with van der Waals surface area (Å²) in [4.78, 5) is 0. The third-order valence-corrected chi connectivity index (χ3v) is 8.41. The van der Waals surface area contributed by atoms with Gasteiger partial charge < -0.3 is 20.1 Å². The second-order valence-corrected chi connectivity index (χ2v) is 10.5. The summed E-state index contributed by atoms with van der Waals surface area (Å²) in [5.74, 6) is 0.469. The van der Waals surface area contributed by atoms with E-state index in [4.69, 9.17) is 4.74 Å². The minimum atomic E-state index is -0.733. The summed E-state index contributed by atoms with van der Waals surface area (Å²) in [6.45, 7) is 13.1. The van der Waals surface area contributed by atoms with Crippen LogP contribution in [0.3, 0.4) is 0 Å². The van der Waals surface area contributed by atoms with Crippen molar-refractivity contribution in [2.45, 2.75) is 103 Å². The van der Waals surface area contributed by atoms with Crippen LogP contribution in [0, 0.1) is 11.3 Å². The number of fused-ring (bicyclic) bond motifs is 1. The van der Waals surface area contributed by atoms with Gasteiger partial charge in [-0.15, -0.1) is 0 Å². The molecule has 0 radical (unpaired) electrons. The normalized spacial score (nSPS) is 34.2. The Morgan fingerprint density at radius 2 is 2.00 bits per heavy atom. The molecule has 0 aromatic rings. The van der Waals surface area contributed by atoms with Gasteiger partial charge in [0.15, 0.2) is 0 Å². The van der Waals surface area contributed by atoms with Gasteiger partial charge in [0.25, 0.3) is 0 Å². The first-order chi connectivity index (χ1) is 15.6. The summed E-state index contributed by atoms with van der Waals surface area (Å²) in [5.41, 5.74) is 3.93. The first kappa shape index (κ1) is 26.2. The predicted octanol–water partition coefficient (Wildman–Crippen LogP) is 5.56. The Hall–Kier alpha value is -1.46. The van der Waals surface area contributed by atoms with E-state index < -0.39 is 17.8 Å². The zero-order chi connectivity index (χ0) is 24.2. The molecule has 3 aliphatic carbocycles. The lowest BCUT2D eigenvalue weighted by molar-refractivity contribution is 0.0739. The number of hydrogen-bond acceptors (Lipinski definition) is 4. The van der Waals surface area contributed by atoms with Crippen LogP contribution in [0.4, 0.5) is 0 Å². The van der Waals surface area contributed by atoms with Crippen LogP contribution in [0.2, 0.25) is 0 Å². The molecule has 0 aliphatic heterocycles. The van der Waals surface area contributed by atoms with Gasteiger partial charge in [0.1, 0.15) is 0 Å². The molecule has 0 amide bonds. The third kappa shape index (κ3) is 5.79. The summed E-state index contributed by atoms with van der Waals surface area (Å²) in [5, 5.41) is 30.6. The fourth-order valence-corrected chi connectivity index (χ4v) is 5.99. The number of rotatable bonds is 8. The van der Waals surface area contributed by atoms with Crippen molar-refractivity contribution in [3.63, 3.8) is 0 Å². The molecule has 0 aromatic carbocycles. The van der Waals surface area contributed by atoms with Gasteiger partial charge in [-0.3, -0.25) is 0 Å². The second kappa shape index (κ2) is 10.9. The number of hydrogen-bond donors (Lipinski definition) is 3. The minimum Gasteiger partial charge on any atom is -0.393 e. The van der Waals surface area contributed by atoms with Crippen molar-refractivity contribution in [3.8, 4) is 0 Å². The van der Waals surface area contributed by atoms with Crippen molar-refractivity contribution in [1.82, 2.24) is 0 Å². The topological polar surface area (TPSA) is 69.9 Å². The van der Waals surface area contributed by atoms with Crippen LogP contribution < -0.4 is 0 Å². The van der Waals surface area contributed by atoms with Crippen LogP contribution in [0.15, 0.2) is 59.3 Å². The van der Waals surface area contributed by atoms with Gasteiger partial charge in [-0.2, -0.15) is 0 Å². The first-order valence-corrected chi connectivity index (χ1v) is 12.8. The Balaban J connectivity index is 1.67. The van der Waals surface area contributed by atoms with Gasteiger partial charge in [0.2, 0.25) is 0 Å². The van der Waals surface area contributed by atoms with Crippen molar-refractivity contribution >= 4 is 0 Å². The van der Waals surface area contributed by atoms with E-state index in [0.29, 0.717) is 38.2 Å². The fourth-order valence-electron chi connectivity index (χ4n) is 5.99. The summed E-state index contributed by atoms with van der Waals surface area (Å²) in [6.07, 6.45) is 16.2. The molecule has 3 aliphatic rings. The zero-order valence-electron chi connectivity index (χ0n) is 21.0. The van der Waals surface area contributed by atoms with Gasteiger partial charge in [-0.25, -0.2) is 0 Å². The van der Waals surface area contributed by atoms with Crippen molar-refractivity contribution in [3.05, 3.63) is 59.3 Å². The van der Waals surface area contributed by atoms with Crippen LogP contribution >= 0.6 is 0 Å². The molecule has 3 rings (SSSR count). The predicted molar refractivity (Wildman–Crippen MR) is 135 cm³/mol. The van der Waals surface area contributed by atoms with Gasteiger partial charge in [-0.05, 0) is 79.9 Å². The molecule has 0 heterocycles. The number of aliphatic hydroxyl groups excluding tert-OH is 2. The lowest BCUT2D eigenvalue weighted by Gasteiger charge is -2.42. The lowest BCUT2D eigenvalue weighted by Crippen LogP contribution is -2.34. The second-order valence-electron chi connectivity index (χ2n) is 10.5. The van der Waals surface area contributed by atoms with Crippen molar-refractivity contribution in [1.29, 1.82) is 0 Å². The molecule has 5 atom stereocenters. The van der Waals surface area contributed by atoms with Gasteiger partial charge in [-0.1, -0.05) is 63.3 Å². The third-order valence-electron chi connectivity index (χ3n) is 8.41. The standard InChI is InChI=1S/C29H44O4/c1-6-29(32,7-2)16-9-17-33-21(4)25-13-14-26-22(10-8-15-28(25,26)5)11-12-23-18-24(30)19-27(31)20(23)3/h9,11-13,16,21,24,26-27,30-32H,3,6-8,10,14-15,17-19H2,1-2,4-5H3/b16-9+,22-11?,23-12?/t21-,24+,26-,27-,28+/m0/s1. The van der Waals surface area contributed by atoms with Crippen molar-refractivity contribution in [2.24, 2.45) is 11.3 Å². The number of ether oxygens (including phenoxy) is 1. The monoisotopic (exact) mass is 456 g/mol. The average molecular weight is 457 g/mol. The molecule has 4 nitrogen and oxygen atoms in total. The van der Waals surface area contributed by atoms with Gasteiger partial charge in [0, 0.05) is 6.42 Å². The smallest absolute Gasteiger partial charge is 0.0823 e. The molecule has 2 saturated carbocycles. The number of allylic oxidation sites excluding steroid dienone is 4. The summed E-state index contributed by atoms with van der Waals surface area (Å²) < 4.78 is 6.19. The Morgan fingerprint density at radius 1 is 1.27 bits per heavy atom. The first-order valence-electron chi connectivity index (χ1n) is 12.8. The molecule has 0 bridgehead atoms. The Kier molecular flexibility index (Phi) is 8.60. The molecular weight excluding hydrogens is 412 g/mol. The highest BCUT2D eigenvalue weighted by Gasteiger charge is 2.46. The van der Waals surface area contributed by atoms with Crippen LogP contribution in [0.1, 0.15) is 79.1 Å². The molecule has 33 heavy (non-hydrogen) atoms. The lowest BCUT2D eigenvalue weighted by atomic mass is 9.63. The minimum absolute atomic E-state index is 0.0436. The highest BCUT2D eigenvalue weighted by Crippen LogP contribution is 2.55. The molecule has 0 aromatic heterocycles. The van der Waals surface area contributed by atoms with Crippen LogP contribution in [-0.2, 0) is 4.74 Å².